The van der Waals surface area contributed by atoms with Crippen molar-refractivity contribution in [3.8, 4) is 0 Å². The van der Waals surface area contributed by atoms with Crippen LogP contribution in [-0.2, 0) is 5.41 Å². The molecule has 1 aliphatic carbocycles. The Kier molecular flexibility index (Phi) is 2.32. The van der Waals surface area contributed by atoms with Crippen molar-refractivity contribution in [2.75, 3.05) is 0 Å². The van der Waals surface area contributed by atoms with Gasteiger partial charge < -0.3 is 5.73 Å². The third-order valence-electron chi connectivity index (χ3n) is 3.68. The number of pyridine rings is 1. The molecule has 15 heavy (non-hydrogen) atoms. The minimum absolute atomic E-state index is 0.0235. The van der Waals surface area contributed by atoms with Crippen LogP contribution in [-0.4, -0.2) is 10.5 Å². The van der Waals surface area contributed by atoms with Crippen molar-refractivity contribution in [2.45, 2.75) is 44.6 Å². The highest BCUT2D eigenvalue weighted by atomic mass is 35.5. The van der Waals surface area contributed by atoms with Crippen molar-refractivity contribution in [3.63, 3.8) is 0 Å². The van der Waals surface area contributed by atoms with Crippen molar-refractivity contribution in [2.24, 2.45) is 5.73 Å². The number of halogens is 1. The molecule has 2 N–H and O–H groups in total. The fourth-order valence-corrected chi connectivity index (χ4v) is 2.29. The monoisotopic (exact) mass is 224 g/mol. The van der Waals surface area contributed by atoms with Crippen LogP contribution >= 0.6 is 11.6 Å². The standard InChI is InChI=1S/C12H17ClN2/c1-8-6-9(7-10(13)15-8)11(2,3)12(14)4-5-12/h6-7H,4-5,14H2,1-3H3. The molecule has 0 unspecified atom stereocenters. The lowest BCUT2D eigenvalue weighted by atomic mass is 9.76. The van der Waals surface area contributed by atoms with Crippen LogP contribution in [0.15, 0.2) is 12.1 Å². The number of aromatic nitrogens is 1. The molecule has 1 heterocycles. The van der Waals surface area contributed by atoms with E-state index in [0.29, 0.717) is 5.15 Å². The normalized spacial score (nSPS) is 19.0. The summed E-state index contributed by atoms with van der Waals surface area (Å²) in [6.45, 7) is 6.33. The van der Waals surface area contributed by atoms with E-state index in [1.165, 1.54) is 5.56 Å². The second-order valence-corrected chi connectivity index (χ2v) is 5.49. The van der Waals surface area contributed by atoms with Crippen molar-refractivity contribution >= 4 is 11.6 Å². The predicted molar refractivity (Wildman–Crippen MR) is 63.2 cm³/mol. The van der Waals surface area contributed by atoms with Crippen LogP contribution < -0.4 is 5.73 Å². The molecule has 1 aromatic rings. The number of nitrogens with zero attached hydrogens (tertiary/aromatic N) is 1. The Morgan fingerprint density at radius 3 is 2.47 bits per heavy atom. The van der Waals surface area contributed by atoms with Gasteiger partial charge in [-0.2, -0.15) is 0 Å². The van der Waals surface area contributed by atoms with E-state index in [4.69, 9.17) is 17.3 Å². The van der Waals surface area contributed by atoms with E-state index in [9.17, 15) is 0 Å². The second-order valence-electron chi connectivity index (χ2n) is 5.10. The summed E-state index contributed by atoms with van der Waals surface area (Å²) in [5.41, 5.74) is 8.37. The SMILES string of the molecule is Cc1cc(C(C)(C)C2(N)CC2)cc(Cl)n1. The molecule has 82 valence electrons. The Morgan fingerprint density at radius 2 is 2.00 bits per heavy atom. The van der Waals surface area contributed by atoms with Gasteiger partial charge >= 0.3 is 0 Å². The van der Waals surface area contributed by atoms with E-state index in [1.54, 1.807) is 0 Å². The number of hydrogen-bond acceptors (Lipinski definition) is 2. The van der Waals surface area contributed by atoms with Crippen LogP contribution in [0.4, 0.5) is 0 Å². The van der Waals surface area contributed by atoms with E-state index < -0.39 is 0 Å². The lowest BCUT2D eigenvalue weighted by Crippen LogP contribution is -2.43. The number of nitrogens with two attached hydrogens (primary N) is 1. The first-order valence-corrected chi connectivity index (χ1v) is 5.66. The quantitative estimate of drug-likeness (QED) is 0.785. The van der Waals surface area contributed by atoms with E-state index >= 15 is 0 Å². The summed E-state index contributed by atoms with van der Waals surface area (Å²) in [5.74, 6) is 0. The second kappa shape index (κ2) is 3.19. The maximum Gasteiger partial charge on any atom is 0.129 e. The molecule has 0 radical (unpaired) electrons. The fourth-order valence-electron chi connectivity index (χ4n) is 2.04. The number of hydrogen-bond donors (Lipinski definition) is 1. The van der Waals surface area contributed by atoms with Gasteiger partial charge in [0.1, 0.15) is 5.15 Å². The average molecular weight is 225 g/mol. The minimum atomic E-state index is -0.0515. The van der Waals surface area contributed by atoms with Gasteiger partial charge in [0.25, 0.3) is 0 Å². The highest BCUT2D eigenvalue weighted by Crippen LogP contribution is 2.49. The summed E-state index contributed by atoms with van der Waals surface area (Å²) in [5, 5.41) is 0.558. The molecule has 2 nitrogen and oxygen atoms in total. The van der Waals surface area contributed by atoms with Crippen LogP contribution in [0.2, 0.25) is 5.15 Å². The molecule has 0 saturated heterocycles. The van der Waals surface area contributed by atoms with Crippen LogP contribution in [0, 0.1) is 6.92 Å². The van der Waals surface area contributed by atoms with Crippen LogP contribution in [0.1, 0.15) is 37.9 Å². The molecule has 1 fully saturated rings. The molecule has 0 aromatic carbocycles. The van der Waals surface area contributed by atoms with Gasteiger partial charge in [0.2, 0.25) is 0 Å². The van der Waals surface area contributed by atoms with E-state index in [0.717, 1.165) is 18.5 Å². The molecule has 1 saturated carbocycles. The molecule has 0 amide bonds. The van der Waals surface area contributed by atoms with Gasteiger partial charge in [0.05, 0.1) is 0 Å². The van der Waals surface area contributed by atoms with Gasteiger partial charge in [0, 0.05) is 16.6 Å². The average Bonchev–Trinajstić information content (AvgIpc) is 2.83. The number of aryl methyl sites for hydroxylation is 1. The zero-order chi connectivity index (χ0) is 11.3. The summed E-state index contributed by atoms with van der Waals surface area (Å²) in [7, 11) is 0. The predicted octanol–water partition coefficient (Wildman–Crippen LogP) is 2.81. The maximum atomic E-state index is 6.29. The molecule has 0 atom stereocenters. The molecule has 1 aromatic heterocycles. The molecule has 3 heteroatoms. The summed E-state index contributed by atoms with van der Waals surface area (Å²) >= 11 is 5.97. The highest BCUT2D eigenvalue weighted by Gasteiger charge is 2.51. The largest absolute Gasteiger partial charge is 0.324 e. The molecule has 0 bridgehead atoms. The summed E-state index contributed by atoms with van der Waals surface area (Å²) in [6.07, 6.45) is 2.19. The summed E-state index contributed by atoms with van der Waals surface area (Å²) in [6, 6.07) is 4.01. The first-order chi connectivity index (χ1) is 6.85. The van der Waals surface area contributed by atoms with E-state index in [2.05, 4.69) is 24.9 Å². The maximum absolute atomic E-state index is 6.29. The molecular weight excluding hydrogens is 208 g/mol. The van der Waals surface area contributed by atoms with Crippen LogP contribution in [0.3, 0.4) is 0 Å². The fraction of sp³-hybridized carbons (Fsp3) is 0.583. The van der Waals surface area contributed by atoms with E-state index in [-0.39, 0.29) is 11.0 Å². The molecule has 1 aliphatic rings. The first kappa shape index (κ1) is 10.9. The van der Waals surface area contributed by atoms with Crippen molar-refractivity contribution < 1.29 is 0 Å². The molecule has 0 aliphatic heterocycles. The van der Waals surface area contributed by atoms with Gasteiger partial charge in [-0.05, 0) is 37.5 Å². The Bertz CT molecular complexity index is 374. The van der Waals surface area contributed by atoms with Gasteiger partial charge in [-0.3, -0.25) is 0 Å². The lowest BCUT2D eigenvalue weighted by molar-refractivity contribution is 0.391. The van der Waals surface area contributed by atoms with Crippen LogP contribution in [0.25, 0.3) is 0 Å². The third-order valence-corrected chi connectivity index (χ3v) is 3.87. The Balaban J connectivity index is 2.44. The Labute approximate surface area is 95.8 Å². The minimum Gasteiger partial charge on any atom is -0.324 e. The first-order valence-electron chi connectivity index (χ1n) is 5.29. The van der Waals surface area contributed by atoms with Gasteiger partial charge in [-0.15, -0.1) is 0 Å². The topological polar surface area (TPSA) is 38.9 Å². The van der Waals surface area contributed by atoms with Crippen molar-refractivity contribution in [3.05, 3.63) is 28.5 Å². The van der Waals surface area contributed by atoms with Crippen molar-refractivity contribution in [1.82, 2.24) is 4.98 Å². The van der Waals surface area contributed by atoms with Crippen molar-refractivity contribution in [1.29, 1.82) is 0 Å². The highest BCUT2D eigenvalue weighted by molar-refractivity contribution is 6.29. The van der Waals surface area contributed by atoms with Crippen LogP contribution in [0.5, 0.6) is 0 Å². The molecular formula is C12H17ClN2. The Hall–Kier alpha value is -0.600. The third kappa shape index (κ3) is 1.77. The lowest BCUT2D eigenvalue weighted by Gasteiger charge is -2.32. The smallest absolute Gasteiger partial charge is 0.129 e. The van der Waals surface area contributed by atoms with E-state index in [1.807, 2.05) is 13.0 Å². The molecule has 0 spiro atoms. The zero-order valence-corrected chi connectivity index (χ0v) is 10.2. The summed E-state index contributed by atoms with van der Waals surface area (Å²) in [4.78, 5) is 4.17. The van der Waals surface area contributed by atoms with Gasteiger partial charge in [0.15, 0.2) is 0 Å². The Morgan fingerprint density at radius 1 is 1.40 bits per heavy atom. The number of rotatable bonds is 2. The van der Waals surface area contributed by atoms with Gasteiger partial charge in [-0.1, -0.05) is 25.4 Å². The molecule has 2 rings (SSSR count). The summed E-state index contributed by atoms with van der Waals surface area (Å²) < 4.78 is 0. The zero-order valence-electron chi connectivity index (χ0n) is 9.47. The van der Waals surface area contributed by atoms with Gasteiger partial charge in [-0.25, -0.2) is 4.98 Å².